The van der Waals surface area contributed by atoms with Gasteiger partial charge in [0.2, 0.25) is 0 Å². The second-order valence-corrected chi connectivity index (χ2v) is 6.52. The monoisotopic (exact) mass is 325 g/mol. The van der Waals surface area contributed by atoms with E-state index in [-0.39, 0.29) is 0 Å². The summed E-state index contributed by atoms with van der Waals surface area (Å²) < 4.78 is 7.87. The van der Waals surface area contributed by atoms with Gasteiger partial charge in [-0.2, -0.15) is 5.10 Å². The fourth-order valence-electron chi connectivity index (χ4n) is 3.29. The van der Waals surface area contributed by atoms with Gasteiger partial charge >= 0.3 is 0 Å². The van der Waals surface area contributed by atoms with Crippen LogP contribution in [-0.2, 0) is 24.4 Å². The van der Waals surface area contributed by atoms with Gasteiger partial charge in [-0.25, -0.2) is 0 Å². The molecule has 2 heterocycles. The molecule has 0 N–H and O–H groups in total. The lowest BCUT2D eigenvalue weighted by molar-refractivity contribution is 0.0678. The molecule has 4 nitrogen and oxygen atoms in total. The predicted octanol–water partition coefficient (Wildman–Crippen LogP) is 3.56. The van der Waals surface area contributed by atoms with Gasteiger partial charge < -0.3 is 4.74 Å². The second kappa shape index (κ2) is 8.27. The summed E-state index contributed by atoms with van der Waals surface area (Å²) >= 11 is 0. The van der Waals surface area contributed by atoms with E-state index in [0.29, 0.717) is 6.10 Å². The van der Waals surface area contributed by atoms with Crippen LogP contribution < -0.4 is 0 Å². The zero-order chi connectivity index (χ0) is 16.8. The Morgan fingerprint density at radius 3 is 2.88 bits per heavy atom. The fraction of sp³-hybridized carbons (Fsp3) is 0.450. The van der Waals surface area contributed by atoms with Crippen molar-refractivity contribution in [2.45, 2.75) is 45.5 Å². The van der Waals surface area contributed by atoms with Crippen LogP contribution in [0.15, 0.2) is 49.2 Å². The first kappa shape index (κ1) is 16.9. The Morgan fingerprint density at radius 2 is 2.17 bits per heavy atom. The van der Waals surface area contributed by atoms with Crippen LogP contribution in [0.4, 0.5) is 0 Å². The Balaban J connectivity index is 1.72. The predicted molar refractivity (Wildman–Crippen MR) is 96.7 cm³/mol. The third-order valence-corrected chi connectivity index (χ3v) is 4.64. The molecule has 1 aromatic heterocycles. The molecule has 1 aliphatic heterocycles. The molecule has 0 radical (unpaired) electrons. The minimum Gasteiger partial charge on any atom is -0.377 e. The molecule has 0 amide bonds. The van der Waals surface area contributed by atoms with Crippen molar-refractivity contribution >= 4 is 0 Å². The van der Waals surface area contributed by atoms with Gasteiger partial charge in [0.25, 0.3) is 0 Å². The van der Waals surface area contributed by atoms with E-state index >= 15 is 0 Å². The van der Waals surface area contributed by atoms with Gasteiger partial charge in [-0.15, -0.1) is 6.58 Å². The van der Waals surface area contributed by atoms with Gasteiger partial charge in [-0.1, -0.05) is 36.4 Å². The van der Waals surface area contributed by atoms with E-state index in [2.05, 4.69) is 53.8 Å². The van der Waals surface area contributed by atoms with Crippen molar-refractivity contribution in [1.29, 1.82) is 0 Å². The number of aromatic nitrogens is 2. The molecular weight excluding hydrogens is 298 g/mol. The quantitative estimate of drug-likeness (QED) is 0.695. The lowest BCUT2D eigenvalue weighted by atomic mass is 10.1. The number of rotatable bonds is 8. The topological polar surface area (TPSA) is 30.3 Å². The highest BCUT2D eigenvalue weighted by atomic mass is 16.5. The fourth-order valence-corrected chi connectivity index (χ4v) is 3.29. The number of ether oxygens (including phenoxy) is 1. The average molecular weight is 325 g/mol. The Bertz CT molecular complexity index is 644. The third kappa shape index (κ3) is 4.34. The van der Waals surface area contributed by atoms with Crippen LogP contribution in [0.1, 0.15) is 29.7 Å². The standard InChI is InChI=1S/C20H27N3O/c1-3-11-23-17(2)19(13-21-23)15-22(16-20-10-7-12-24-20)14-18-8-5-4-6-9-18/h3-6,8-9,13,20H,1,7,10-12,14-16H2,2H3/t20-/m1/s1. The molecule has 2 aromatic rings. The summed E-state index contributed by atoms with van der Waals surface area (Å²) in [6.45, 7) is 10.4. The van der Waals surface area contributed by atoms with E-state index in [9.17, 15) is 0 Å². The average Bonchev–Trinajstić information content (AvgIpc) is 3.21. The second-order valence-electron chi connectivity index (χ2n) is 6.52. The van der Waals surface area contributed by atoms with Crippen molar-refractivity contribution in [3.8, 4) is 0 Å². The minimum atomic E-state index is 0.359. The van der Waals surface area contributed by atoms with Crippen molar-refractivity contribution < 1.29 is 4.74 Å². The van der Waals surface area contributed by atoms with E-state index in [0.717, 1.165) is 32.8 Å². The largest absolute Gasteiger partial charge is 0.377 e. The molecule has 0 unspecified atom stereocenters. The van der Waals surface area contributed by atoms with Gasteiger partial charge in [0.1, 0.15) is 0 Å². The molecule has 1 fully saturated rings. The molecule has 0 saturated carbocycles. The molecule has 1 aliphatic rings. The van der Waals surface area contributed by atoms with Gasteiger partial charge in [-0.05, 0) is 25.3 Å². The smallest absolute Gasteiger partial charge is 0.0703 e. The Hall–Kier alpha value is -1.91. The molecule has 3 rings (SSSR count). The Labute approximate surface area is 144 Å². The van der Waals surface area contributed by atoms with Crippen LogP contribution in [0.2, 0.25) is 0 Å². The van der Waals surface area contributed by atoms with Crippen molar-refractivity contribution in [2.24, 2.45) is 0 Å². The summed E-state index contributed by atoms with van der Waals surface area (Å²) in [6.07, 6.45) is 6.59. The van der Waals surface area contributed by atoms with Crippen molar-refractivity contribution in [2.75, 3.05) is 13.2 Å². The molecule has 1 atom stereocenters. The number of allylic oxidation sites excluding steroid dienone is 1. The van der Waals surface area contributed by atoms with Crippen LogP contribution in [0.5, 0.6) is 0 Å². The van der Waals surface area contributed by atoms with Crippen LogP contribution >= 0.6 is 0 Å². The third-order valence-electron chi connectivity index (χ3n) is 4.64. The summed E-state index contributed by atoms with van der Waals surface area (Å²) in [5.41, 5.74) is 3.85. The van der Waals surface area contributed by atoms with Crippen molar-refractivity contribution in [1.82, 2.24) is 14.7 Å². The minimum absolute atomic E-state index is 0.359. The van der Waals surface area contributed by atoms with E-state index in [1.165, 1.54) is 29.7 Å². The number of hydrogen-bond donors (Lipinski definition) is 0. The van der Waals surface area contributed by atoms with E-state index in [4.69, 9.17) is 4.74 Å². The van der Waals surface area contributed by atoms with Crippen LogP contribution in [0, 0.1) is 6.92 Å². The van der Waals surface area contributed by atoms with Crippen LogP contribution in [0.3, 0.4) is 0 Å². The van der Waals surface area contributed by atoms with Crippen molar-refractivity contribution in [3.05, 3.63) is 66.0 Å². The first-order valence-corrected chi connectivity index (χ1v) is 8.76. The normalized spacial score (nSPS) is 17.5. The SMILES string of the molecule is C=CCn1ncc(CN(Cc2ccccc2)C[C@H]2CCCO2)c1C. The van der Waals surface area contributed by atoms with E-state index in [1.54, 1.807) is 0 Å². The maximum absolute atomic E-state index is 5.86. The number of hydrogen-bond acceptors (Lipinski definition) is 3. The summed E-state index contributed by atoms with van der Waals surface area (Å²) in [5.74, 6) is 0. The molecule has 0 aliphatic carbocycles. The maximum Gasteiger partial charge on any atom is 0.0703 e. The molecule has 128 valence electrons. The van der Waals surface area contributed by atoms with Gasteiger partial charge in [0.15, 0.2) is 0 Å². The highest BCUT2D eigenvalue weighted by molar-refractivity contribution is 5.18. The first-order chi connectivity index (χ1) is 11.8. The highest BCUT2D eigenvalue weighted by Gasteiger charge is 2.20. The highest BCUT2D eigenvalue weighted by Crippen LogP contribution is 2.18. The number of nitrogens with zero attached hydrogens (tertiary/aromatic N) is 3. The first-order valence-electron chi connectivity index (χ1n) is 8.76. The zero-order valence-electron chi connectivity index (χ0n) is 14.5. The molecule has 1 saturated heterocycles. The lowest BCUT2D eigenvalue weighted by Gasteiger charge is -2.25. The van der Waals surface area contributed by atoms with Gasteiger partial charge in [-0.3, -0.25) is 9.58 Å². The lowest BCUT2D eigenvalue weighted by Crippen LogP contribution is -2.31. The molecule has 4 heteroatoms. The summed E-state index contributed by atoms with van der Waals surface area (Å²) in [4.78, 5) is 2.48. The van der Waals surface area contributed by atoms with E-state index in [1.807, 2.05) is 17.0 Å². The van der Waals surface area contributed by atoms with Crippen LogP contribution in [-0.4, -0.2) is 33.9 Å². The van der Waals surface area contributed by atoms with E-state index < -0.39 is 0 Å². The molecular formula is C20H27N3O. The Morgan fingerprint density at radius 1 is 1.33 bits per heavy atom. The van der Waals surface area contributed by atoms with Gasteiger partial charge in [0, 0.05) is 37.5 Å². The molecule has 1 aromatic carbocycles. The van der Waals surface area contributed by atoms with Crippen LogP contribution in [0.25, 0.3) is 0 Å². The number of benzene rings is 1. The maximum atomic E-state index is 5.86. The molecule has 24 heavy (non-hydrogen) atoms. The summed E-state index contributed by atoms with van der Waals surface area (Å²) in [7, 11) is 0. The molecule has 0 spiro atoms. The van der Waals surface area contributed by atoms with Gasteiger partial charge in [0.05, 0.1) is 18.8 Å². The van der Waals surface area contributed by atoms with Crippen molar-refractivity contribution in [3.63, 3.8) is 0 Å². The zero-order valence-corrected chi connectivity index (χ0v) is 14.5. The summed E-state index contributed by atoms with van der Waals surface area (Å²) in [6, 6.07) is 10.7. The summed E-state index contributed by atoms with van der Waals surface area (Å²) in [5, 5.41) is 4.48. The Kier molecular flexibility index (Phi) is 5.83. The molecule has 0 bridgehead atoms.